The zero-order chi connectivity index (χ0) is 28.9. The number of aryl methyl sites for hydroxylation is 1. The number of ether oxygens (including phenoxy) is 1. The van der Waals surface area contributed by atoms with E-state index >= 15 is 0 Å². The van der Waals surface area contributed by atoms with Gasteiger partial charge in [-0.25, -0.2) is 4.79 Å². The number of anilines is 1. The molecule has 4 aromatic rings. The minimum absolute atomic E-state index is 0.0594. The summed E-state index contributed by atoms with van der Waals surface area (Å²) in [5, 5.41) is 15.2. The van der Waals surface area contributed by atoms with Crippen LogP contribution in [0.3, 0.4) is 0 Å². The second-order valence-corrected chi connectivity index (χ2v) is 12.1. The SMILES string of the molecule is CCOC(=O)c1c(NC(=O)[C@@H](C)Sc2nnc(CNC(=O)c3ccco3)n2-c2cccc(Cl)c2)sc2c1CCCC2. The van der Waals surface area contributed by atoms with Crippen molar-refractivity contribution in [2.75, 3.05) is 11.9 Å². The number of amides is 2. The summed E-state index contributed by atoms with van der Waals surface area (Å²) in [4.78, 5) is 39.8. The van der Waals surface area contributed by atoms with Crippen molar-refractivity contribution in [1.29, 1.82) is 0 Å². The maximum Gasteiger partial charge on any atom is 0.341 e. The smallest absolute Gasteiger partial charge is 0.341 e. The largest absolute Gasteiger partial charge is 0.462 e. The normalized spacial score (nSPS) is 13.3. The van der Waals surface area contributed by atoms with Crippen LogP contribution in [0.2, 0.25) is 5.02 Å². The van der Waals surface area contributed by atoms with Crippen LogP contribution in [0.25, 0.3) is 5.69 Å². The zero-order valence-corrected chi connectivity index (χ0v) is 24.8. The van der Waals surface area contributed by atoms with Crippen LogP contribution in [0.15, 0.2) is 52.2 Å². The fourth-order valence-corrected chi connectivity index (χ4v) is 6.87. The lowest BCUT2D eigenvalue weighted by Crippen LogP contribution is -2.25. The number of nitrogens with one attached hydrogen (secondary N) is 2. The molecule has 41 heavy (non-hydrogen) atoms. The lowest BCUT2D eigenvalue weighted by atomic mass is 9.95. The Hall–Kier alpha value is -3.61. The van der Waals surface area contributed by atoms with Crippen LogP contribution in [0.4, 0.5) is 5.00 Å². The highest BCUT2D eigenvalue weighted by atomic mass is 35.5. The topological polar surface area (TPSA) is 128 Å². The molecule has 3 aromatic heterocycles. The summed E-state index contributed by atoms with van der Waals surface area (Å²) in [5.41, 5.74) is 2.13. The van der Waals surface area contributed by atoms with Crippen molar-refractivity contribution in [2.24, 2.45) is 0 Å². The van der Waals surface area contributed by atoms with Crippen LogP contribution >= 0.6 is 34.7 Å². The van der Waals surface area contributed by atoms with Gasteiger partial charge in [-0.05, 0) is 75.4 Å². The number of hydrogen-bond donors (Lipinski definition) is 2. The number of aromatic nitrogens is 3. The number of nitrogens with zero attached hydrogens (tertiary/aromatic N) is 3. The van der Waals surface area contributed by atoms with Crippen LogP contribution in [0, 0.1) is 0 Å². The summed E-state index contributed by atoms with van der Waals surface area (Å²) >= 11 is 8.92. The molecule has 2 N–H and O–H groups in total. The van der Waals surface area contributed by atoms with E-state index in [-0.39, 0.29) is 24.8 Å². The molecule has 1 aliphatic rings. The number of esters is 1. The molecule has 214 valence electrons. The van der Waals surface area contributed by atoms with E-state index < -0.39 is 17.1 Å². The van der Waals surface area contributed by atoms with Crippen molar-refractivity contribution in [3.05, 3.63) is 75.3 Å². The summed E-state index contributed by atoms with van der Waals surface area (Å²) in [7, 11) is 0. The quantitative estimate of drug-likeness (QED) is 0.173. The number of halogens is 1. The monoisotopic (exact) mass is 613 g/mol. The maximum atomic E-state index is 13.4. The van der Waals surface area contributed by atoms with E-state index in [0.717, 1.165) is 36.1 Å². The van der Waals surface area contributed by atoms with Crippen LogP contribution < -0.4 is 10.6 Å². The Balaban J connectivity index is 1.37. The molecule has 1 aliphatic carbocycles. The van der Waals surface area contributed by atoms with Crippen molar-refractivity contribution in [3.8, 4) is 5.69 Å². The van der Waals surface area contributed by atoms with E-state index in [2.05, 4.69) is 20.8 Å². The predicted molar refractivity (Wildman–Crippen MR) is 157 cm³/mol. The summed E-state index contributed by atoms with van der Waals surface area (Å²) in [6.45, 7) is 3.84. The van der Waals surface area contributed by atoms with Gasteiger partial charge in [0.2, 0.25) is 5.91 Å². The van der Waals surface area contributed by atoms with E-state index in [1.165, 1.54) is 29.4 Å². The predicted octanol–water partition coefficient (Wildman–Crippen LogP) is 5.68. The number of rotatable bonds is 10. The van der Waals surface area contributed by atoms with Gasteiger partial charge in [0.15, 0.2) is 16.7 Å². The standard InChI is InChI=1S/C28H28ClN5O5S2/c1-3-38-27(37)23-19-10-4-5-12-21(19)41-26(23)31-24(35)16(2)40-28-33-32-22(15-30-25(36)20-11-7-13-39-20)34(28)18-9-6-8-17(29)14-18/h6-9,11,13-14,16H,3-5,10,12,15H2,1-2H3,(H,30,36)(H,31,35)/t16-/m1/s1. The number of furan rings is 1. The highest BCUT2D eigenvalue weighted by Crippen LogP contribution is 2.39. The van der Waals surface area contributed by atoms with Crippen molar-refractivity contribution in [2.45, 2.75) is 56.5 Å². The van der Waals surface area contributed by atoms with E-state index in [1.54, 1.807) is 48.7 Å². The van der Waals surface area contributed by atoms with Crippen LogP contribution in [0.1, 0.15) is 63.9 Å². The van der Waals surface area contributed by atoms with Crippen molar-refractivity contribution >= 4 is 57.5 Å². The van der Waals surface area contributed by atoms with Crippen molar-refractivity contribution in [3.63, 3.8) is 0 Å². The van der Waals surface area contributed by atoms with Gasteiger partial charge in [-0.2, -0.15) is 0 Å². The Kier molecular flexibility index (Phi) is 9.11. The van der Waals surface area contributed by atoms with Crippen molar-refractivity contribution < 1.29 is 23.5 Å². The van der Waals surface area contributed by atoms with Gasteiger partial charge < -0.3 is 19.8 Å². The molecule has 0 saturated heterocycles. The minimum atomic E-state index is -0.600. The average Bonchev–Trinajstić information content (AvgIpc) is 3.70. The van der Waals surface area contributed by atoms with Gasteiger partial charge in [0.05, 0.1) is 35.9 Å². The lowest BCUT2D eigenvalue weighted by molar-refractivity contribution is -0.115. The molecule has 2 amide bonds. The van der Waals surface area contributed by atoms with Gasteiger partial charge in [0, 0.05) is 9.90 Å². The number of hydrogen-bond acceptors (Lipinski definition) is 9. The molecule has 13 heteroatoms. The van der Waals surface area contributed by atoms with E-state index in [1.807, 2.05) is 6.07 Å². The zero-order valence-electron chi connectivity index (χ0n) is 22.4. The molecule has 1 atom stereocenters. The van der Waals surface area contributed by atoms with Crippen LogP contribution in [-0.4, -0.2) is 44.4 Å². The molecule has 0 aliphatic heterocycles. The van der Waals surface area contributed by atoms with Crippen LogP contribution in [0.5, 0.6) is 0 Å². The molecular weight excluding hydrogens is 586 g/mol. The molecule has 5 rings (SSSR count). The Bertz CT molecular complexity index is 1570. The third-order valence-corrected chi connectivity index (χ3v) is 8.94. The number of thioether (sulfide) groups is 1. The average molecular weight is 614 g/mol. The first kappa shape index (κ1) is 28.9. The summed E-state index contributed by atoms with van der Waals surface area (Å²) in [6.07, 6.45) is 5.15. The highest BCUT2D eigenvalue weighted by molar-refractivity contribution is 8.00. The molecule has 10 nitrogen and oxygen atoms in total. The molecule has 0 saturated carbocycles. The minimum Gasteiger partial charge on any atom is -0.462 e. The van der Waals surface area contributed by atoms with Crippen molar-refractivity contribution in [1.82, 2.24) is 20.1 Å². The second-order valence-electron chi connectivity index (χ2n) is 9.26. The summed E-state index contributed by atoms with van der Waals surface area (Å²) in [5.74, 6) is -0.473. The Morgan fingerprint density at radius 2 is 2.02 bits per heavy atom. The van der Waals surface area contributed by atoms with Crippen LogP contribution in [-0.2, 0) is 28.9 Å². The third-order valence-electron chi connectivity index (χ3n) is 6.46. The van der Waals surface area contributed by atoms with Gasteiger partial charge in [0.25, 0.3) is 5.91 Å². The number of thiophene rings is 1. The number of benzene rings is 1. The number of fused-ring (bicyclic) bond motifs is 1. The molecular formula is C28H28ClN5O5S2. The van der Waals surface area contributed by atoms with Gasteiger partial charge in [-0.15, -0.1) is 21.5 Å². The van der Waals surface area contributed by atoms with E-state index in [9.17, 15) is 14.4 Å². The first-order valence-corrected chi connectivity index (χ1v) is 15.2. The Morgan fingerprint density at radius 3 is 2.78 bits per heavy atom. The van der Waals surface area contributed by atoms with E-state index in [4.69, 9.17) is 20.8 Å². The first-order chi connectivity index (χ1) is 19.9. The summed E-state index contributed by atoms with van der Waals surface area (Å²) in [6, 6.07) is 10.3. The summed E-state index contributed by atoms with van der Waals surface area (Å²) < 4.78 is 12.2. The third kappa shape index (κ3) is 6.50. The fourth-order valence-electron chi connectivity index (χ4n) is 4.52. The number of carbonyl (C=O) groups is 3. The fraction of sp³-hybridized carbons (Fsp3) is 0.321. The second kappa shape index (κ2) is 12.9. The first-order valence-electron chi connectivity index (χ1n) is 13.2. The molecule has 3 heterocycles. The molecule has 0 bridgehead atoms. The Labute approximate surface area is 249 Å². The molecule has 0 radical (unpaired) electrons. The molecule has 1 aromatic carbocycles. The maximum absolute atomic E-state index is 13.4. The molecule has 0 spiro atoms. The molecule has 0 unspecified atom stereocenters. The molecule has 0 fully saturated rings. The van der Waals surface area contributed by atoms with Gasteiger partial charge >= 0.3 is 5.97 Å². The lowest BCUT2D eigenvalue weighted by Gasteiger charge is -2.15. The number of carbonyl (C=O) groups excluding carboxylic acids is 3. The van der Waals surface area contributed by atoms with E-state index in [0.29, 0.717) is 32.3 Å². The van der Waals surface area contributed by atoms with Gasteiger partial charge in [0.1, 0.15) is 5.00 Å². The highest BCUT2D eigenvalue weighted by Gasteiger charge is 2.29. The van der Waals surface area contributed by atoms with Gasteiger partial charge in [-0.3, -0.25) is 14.2 Å². The van der Waals surface area contributed by atoms with Gasteiger partial charge in [-0.1, -0.05) is 29.4 Å². The Morgan fingerprint density at radius 1 is 1.20 bits per heavy atom.